The highest BCUT2D eigenvalue weighted by Crippen LogP contribution is 2.27. The molecule has 3 heteroatoms. The first-order valence-corrected chi connectivity index (χ1v) is 5.20. The van der Waals surface area contributed by atoms with E-state index in [9.17, 15) is 0 Å². The molecule has 1 unspecified atom stereocenters. The third kappa shape index (κ3) is 3.22. The van der Waals surface area contributed by atoms with Gasteiger partial charge in [-0.2, -0.15) is 0 Å². The largest absolute Gasteiger partial charge is 0.496 e. The van der Waals surface area contributed by atoms with Gasteiger partial charge in [0.1, 0.15) is 5.75 Å². The molecule has 0 heterocycles. The monoisotopic (exact) mass is 209 g/mol. The zero-order valence-electron chi connectivity index (χ0n) is 9.36. The van der Waals surface area contributed by atoms with Crippen molar-refractivity contribution in [2.75, 3.05) is 13.7 Å². The van der Waals surface area contributed by atoms with Crippen LogP contribution < -0.4 is 10.5 Å². The van der Waals surface area contributed by atoms with E-state index < -0.39 is 0 Å². The summed E-state index contributed by atoms with van der Waals surface area (Å²) in [5.74, 6) is 0.825. The van der Waals surface area contributed by atoms with Gasteiger partial charge in [0.15, 0.2) is 0 Å². The lowest BCUT2D eigenvalue weighted by Gasteiger charge is -2.15. The number of aliphatic hydroxyl groups excluding tert-OH is 1. The first kappa shape index (κ1) is 12.0. The van der Waals surface area contributed by atoms with Gasteiger partial charge in [-0.3, -0.25) is 0 Å². The standard InChI is InChI=1S/C12H19NO2/c1-9-5-6-12(15-2)10(8-9)11(13)4-3-7-14/h5-6,8,11,14H,3-4,7,13H2,1-2H3. The van der Waals surface area contributed by atoms with Gasteiger partial charge in [-0.05, 0) is 25.8 Å². The number of ether oxygens (including phenoxy) is 1. The third-order valence-electron chi connectivity index (χ3n) is 2.46. The van der Waals surface area contributed by atoms with E-state index in [0.717, 1.165) is 24.2 Å². The summed E-state index contributed by atoms with van der Waals surface area (Å²) >= 11 is 0. The van der Waals surface area contributed by atoms with Crippen LogP contribution in [-0.4, -0.2) is 18.8 Å². The van der Waals surface area contributed by atoms with Gasteiger partial charge in [0, 0.05) is 18.2 Å². The maximum absolute atomic E-state index is 8.76. The highest BCUT2D eigenvalue weighted by Gasteiger charge is 2.11. The summed E-state index contributed by atoms with van der Waals surface area (Å²) in [4.78, 5) is 0. The van der Waals surface area contributed by atoms with Crippen LogP contribution in [0.1, 0.15) is 30.0 Å². The maximum Gasteiger partial charge on any atom is 0.123 e. The van der Waals surface area contributed by atoms with E-state index in [1.807, 2.05) is 25.1 Å². The second kappa shape index (κ2) is 5.73. The van der Waals surface area contributed by atoms with Crippen molar-refractivity contribution in [3.63, 3.8) is 0 Å². The summed E-state index contributed by atoms with van der Waals surface area (Å²) < 4.78 is 5.26. The molecule has 0 amide bonds. The molecule has 0 aliphatic rings. The van der Waals surface area contributed by atoms with Crippen LogP contribution in [0.4, 0.5) is 0 Å². The Kier molecular flexibility index (Phi) is 4.59. The average Bonchev–Trinajstić information content (AvgIpc) is 2.25. The molecular weight excluding hydrogens is 190 g/mol. The first-order valence-electron chi connectivity index (χ1n) is 5.20. The van der Waals surface area contributed by atoms with Crippen LogP contribution >= 0.6 is 0 Å². The van der Waals surface area contributed by atoms with E-state index in [2.05, 4.69) is 0 Å². The van der Waals surface area contributed by atoms with Crippen LogP contribution in [0.2, 0.25) is 0 Å². The Labute approximate surface area is 90.9 Å². The summed E-state index contributed by atoms with van der Waals surface area (Å²) in [5, 5.41) is 8.76. The lowest BCUT2D eigenvalue weighted by Crippen LogP contribution is -2.12. The third-order valence-corrected chi connectivity index (χ3v) is 2.46. The van der Waals surface area contributed by atoms with Gasteiger partial charge in [-0.1, -0.05) is 17.7 Å². The molecule has 1 rings (SSSR count). The van der Waals surface area contributed by atoms with Crippen LogP contribution in [0.15, 0.2) is 18.2 Å². The lowest BCUT2D eigenvalue weighted by atomic mass is 10.00. The summed E-state index contributed by atoms with van der Waals surface area (Å²) in [6.07, 6.45) is 1.49. The fraction of sp³-hybridized carbons (Fsp3) is 0.500. The van der Waals surface area contributed by atoms with Crippen LogP contribution in [0, 0.1) is 6.92 Å². The van der Waals surface area contributed by atoms with Crippen molar-refractivity contribution in [2.45, 2.75) is 25.8 Å². The first-order chi connectivity index (χ1) is 7.19. The normalized spacial score (nSPS) is 12.5. The predicted octanol–water partition coefficient (Wildman–Crippen LogP) is 1.78. The highest BCUT2D eigenvalue weighted by molar-refractivity contribution is 5.38. The van der Waals surface area contributed by atoms with E-state index >= 15 is 0 Å². The van der Waals surface area contributed by atoms with E-state index in [1.165, 1.54) is 5.56 Å². The smallest absolute Gasteiger partial charge is 0.123 e. The quantitative estimate of drug-likeness (QED) is 0.777. The SMILES string of the molecule is COc1ccc(C)cc1C(N)CCCO. The van der Waals surface area contributed by atoms with Crippen LogP contribution in [0.3, 0.4) is 0 Å². The Morgan fingerprint density at radius 3 is 2.80 bits per heavy atom. The van der Waals surface area contributed by atoms with Crippen LogP contribution in [0.25, 0.3) is 0 Å². The number of aliphatic hydroxyl groups is 1. The van der Waals surface area contributed by atoms with Crippen molar-refractivity contribution in [3.05, 3.63) is 29.3 Å². The number of aryl methyl sites for hydroxylation is 1. The zero-order valence-corrected chi connectivity index (χ0v) is 9.36. The molecule has 15 heavy (non-hydrogen) atoms. The molecule has 0 aliphatic carbocycles. The molecule has 0 fully saturated rings. The predicted molar refractivity (Wildman–Crippen MR) is 61.0 cm³/mol. The molecule has 0 bridgehead atoms. The molecule has 84 valence electrons. The van der Waals surface area contributed by atoms with Gasteiger partial charge in [0.25, 0.3) is 0 Å². The minimum absolute atomic E-state index is 0.0630. The average molecular weight is 209 g/mol. The Bertz CT molecular complexity index is 312. The molecule has 1 atom stereocenters. The minimum atomic E-state index is -0.0630. The second-order valence-electron chi connectivity index (χ2n) is 3.72. The fourth-order valence-corrected chi connectivity index (χ4v) is 1.61. The molecule has 1 aromatic carbocycles. The molecular formula is C12H19NO2. The molecule has 3 nitrogen and oxygen atoms in total. The molecule has 3 N–H and O–H groups in total. The van der Waals surface area contributed by atoms with Crippen LogP contribution in [0.5, 0.6) is 5.75 Å². The van der Waals surface area contributed by atoms with Gasteiger partial charge in [0.05, 0.1) is 7.11 Å². The molecule has 0 saturated heterocycles. The molecule has 0 aromatic heterocycles. The minimum Gasteiger partial charge on any atom is -0.496 e. The molecule has 1 aromatic rings. The Hall–Kier alpha value is -1.06. The maximum atomic E-state index is 8.76. The van der Waals surface area contributed by atoms with Crippen LogP contribution in [-0.2, 0) is 0 Å². The van der Waals surface area contributed by atoms with E-state index in [4.69, 9.17) is 15.6 Å². The van der Waals surface area contributed by atoms with Crippen molar-refractivity contribution < 1.29 is 9.84 Å². The van der Waals surface area contributed by atoms with E-state index in [1.54, 1.807) is 7.11 Å². The summed E-state index contributed by atoms with van der Waals surface area (Å²) in [6.45, 7) is 2.21. The number of nitrogens with two attached hydrogens (primary N) is 1. The number of rotatable bonds is 5. The summed E-state index contributed by atoms with van der Waals surface area (Å²) in [7, 11) is 1.65. The van der Waals surface area contributed by atoms with E-state index in [-0.39, 0.29) is 12.6 Å². The second-order valence-corrected chi connectivity index (χ2v) is 3.72. The summed E-state index contributed by atoms with van der Waals surface area (Å²) in [5.41, 5.74) is 8.23. The van der Waals surface area contributed by atoms with Gasteiger partial charge in [-0.25, -0.2) is 0 Å². The fourth-order valence-electron chi connectivity index (χ4n) is 1.61. The molecule has 0 radical (unpaired) electrons. The van der Waals surface area contributed by atoms with E-state index in [0.29, 0.717) is 0 Å². The Balaban J connectivity index is 2.85. The van der Waals surface area contributed by atoms with Crippen molar-refractivity contribution in [1.29, 1.82) is 0 Å². The van der Waals surface area contributed by atoms with Crippen molar-refractivity contribution >= 4 is 0 Å². The van der Waals surface area contributed by atoms with Gasteiger partial charge >= 0.3 is 0 Å². The summed E-state index contributed by atoms with van der Waals surface area (Å²) in [6, 6.07) is 5.91. The van der Waals surface area contributed by atoms with Crippen molar-refractivity contribution in [3.8, 4) is 5.75 Å². The Morgan fingerprint density at radius 1 is 1.47 bits per heavy atom. The topological polar surface area (TPSA) is 55.5 Å². The van der Waals surface area contributed by atoms with Crippen molar-refractivity contribution in [2.24, 2.45) is 5.73 Å². The van der Waals surface area contributed by atoms with Gasteiger partial charge in [-0.15, -0.1) is 0 Å². The lowest BCUT2D eigenvalue weighted by molar-refractivity contribution is 0.279. The molecule has 0 saturated carbocycles. The number of hydrogen-bond acceptors (Lipinski definition) is 3. The number of hydrogen-bond donors (Lipinski definition) is 2. The molecule has 0 spiro atoms. The number of methoxy groups -OCH3 is 1. The number of benzene rings is 1. The highest BCUT2D eigenvalue weighted by atomic mass is 16.5. The zero-order chi connectivity index (χ0) is 11.3. The molecule has 0 aliphatic heterocycles. The van der Waals surface area contributed by atoms with Crippen molar-refractivity contribution in [1.82, 2.24) is 0 Å². The Morgan fingerprint density at radius 2 is 2.20 bits per heavy atom. The van der Waals surface area contributed by atoms with Gasteiger partial charge in [0.2, 0.25) is 0 Å². The van der Waals surface area contributed by atoms with Gasteiger partial charge < -0.3 is 15.6 Å².